The Morgan fingerprint density at radius 1 is 0.938 bits per heavy atom. The molecule has 2 aromatic heterocycles. The van der Waals surface area contributed by atoms with Gasteiger partial charge in [0.05, 0.1) is 5.52 Å². The van der Waals surface area contributed by atoms with Crippen molar-refractivity contribution >= 4 is 22.4 Å². The summed E-state index contributed by atoms with van der Waals surface area (Å²) in [6.45, 7) is 2.11. The highest BCUT2D eigenvalue weighted by Gasteiger charge is 2.10. The summed E-state index contributed by atoms with van der Waals surface area (Å²) in [7, 11) is 0. The number of hydrogen-bond donors (Lipinski definition) is 1. The Hall–Kier alpha value is -4.33. The Labute approximate surface area is 182 Å². The molecule has 1 N–H and O–H groups in total. The largest absolute Gasteiger partial charge is 0.489 e. The zero-order chi connectivity index (χ0) is 21.9. The lowest BCUT2D eigenvalue weighted by atomic mass is 10.1. The first kappa shape index (κ1) is 19.6. The molecule has 0 bridgehead atoms. The Morgan fingerprint density at radius 3 is 2.50 bits per heavy atom. The lowest BCUT2D eigenvalue weighted by Crippen LogP contribution is -1.98. The minimum atomic E-state index is -0.263. The van der Waals surface area contributed by atoms with E-state index >= 15 is 0 Å². The number of halogens is 1. The second kappa shape index (κ2) is 8.43. The van der Waals surface area contributed by atoms with Crippen molar-refractivity contribution in [1.82, 2.24) is 20.2 Å². The maximum absolute atomic E-state index is 13.0. The summed E-state index contributed by atoms with van der Waals surface area (Å²) in [5.41, 5.74) is 3.33. The van der Waals surface area contributed by atoms with Gasteiger partial charge < -0.3 is 14.5 Å². The summed E-state index contributed by atoms with van der Waals surface area (Å²) < 4.78 is 24.3. The molecule has 0 atom stereocenters. The molecule has 2 heterocycles. The van der Waals surface area contributed by atoms with E-state index in [0.29, 0.717) is 30.0 Å². The molecule has 3 aromatic carbocycles. The van der Waals surface area contributed by atoms with Gasteiger partial charge in [0, 0.05) is 23.6 Å². The maximum Gasteiger partial charge on any atom is 0.247 e. The van der Waals surface area contributed by atoms with Crippen molar-refractivity contribution < 1.29 is 13.5 Å². The van der Waals surface area contributed by atoms with Crippen LogP contribution in [0.15, 0.2) is 77.5 Å². The van der Waals surface area contributed by atoms with Crippen LogP contribution in [0.4, 0.5) is 15.9 Å². The minimum Gasteiger partial charge on any atom is -0.489 e. The van der Waals surface area contributed by atoms with E-state index in [0.717, 1.165) is 27.7 Å². The van der Waals surface area contributed by atoms with Gasteiger partial charge in [-0.1, -0.05) is 12.1 Å². The van der Waals surface area contributed by atoms with E-state index < -0.39 is 0 Å². The van der Waals surface area contributed by atoms with Crippen LogP contribution in [0.1, 0.15) is 11.5 Å². The average Bonchev–Trinajstić information content (AvgIpc) is 3.26. The molecule has 0 saturated heterocycles. The van der Waals surface area contributed by atoms with Gasteiger partial charge in [0.15, 0.2) is 0 Å². The molecule has 0 spiro atoms. The molecule has 0 aliphatic carbocycles. The molecule has 158 valence electrons. The van der Waals surface area contributed by atoms with Crippen molar-refractivity contribution in [3.63, 3.8) is 0 Å². The first-order valence-corrected chi connectivity index (χ1v) is 9.94. The van der Waals surface area contributed by atoms with Crippen LogP contribution in [0.25, 0.3) is 22.4 Å². The number of benzene rings is 3. The normalized spacial score (nSPS) is 10.9. The number of ether oxygens (including phenoxy) is 1. The lowest BCUT2D eigenvalue weighted by molar-refractivity contribution is 0.306. The predicted molar refractivity (Wildman–Crippen MR) is 118 cm³/mol. The summed E-state index contributed by atoms with van der Waals surface area (Å²) in [5, 5.41) is 12.1. The third-order valence-corrected chi connectivity index (χ3v) is 4.84. The zero-order valence-corrected chi connectivity index (χ0v) is 17.1. The molecule has 8 heteroatoms. The van der Waals surface area contributed by atoms with Crippen molar-refractivity contribution in [2.45, 2.75) is 13.5 Å². The van der Waals surface area contributed by atoms with Crippen LogP contribution in [0.3, 0.4) is 0 Å². The van der Waals surface area contributed by atoms with Gasteiger partial charge in [0.2, 0.25) is 11.8 Å². The molecule has 32 heavy (non-hydrogen) atoms. The Morgan fingerprint density at radius 2 is 1.75 bits per heavy atom. The first-order valence-electron chi connectivity index (χ1n) is 9.94. The number of nitrogens with one attached hydrogen (secondary N) is 1. The van der Waals surface area contributed by atoms with Crippen molar-refractivity contribution in [2.75, 3.05) is 5.32 Å². The van der Waals surface area contributed by atoms with Gasteiger partial charge in [-0.05, 0) is 60.2 Å². The Kier molecular flexibility index (Phi) is 5.17. The fourth-order valence-electron chi connectivity index (χ4n) is 3.22. The summed E-state index contributed by atoms with van der Waals surface area (Å²) in [5.74, 6) is 2.06. The smallest absolute Gasteiger partial charge is 0.247 e. The topological polar surface area (TPSA) is 86.0 Å². The van der Waals surface area contributed by atoms with Gasteiger partial charge in [-0.15, -0.1) is 10.2 Å². The molecule has 0 fully saturated rings. The van der Waals surface area contributed by atoms with Crippen LogP contribution in [0, 0.1) is 12.7 Å². The third kappa shape index (κ3) is 4.24. The second-order valence-corrected chi connectivity index (χ2v) is 7.14. The van der Waals surface area contributed by atoms with Crippen LogP contribution in [-0.4, -0.2) is 20.2 Å². The number of nitrogens with zero attached hydrogens (tertiary/aromatic N) is 4. The number of aromatic nitrogens is 4. The quantitative estimate of drug-likeness (QED) is 0.386. The predicted octanol–water partition coefficient (Wildman–Crippen LogP) is 5.45. The van der Waals surface area contributed by atoms with Crippen LogP contribution >= 0.6 is 0 Å². The molecule has 7 nitrogen and oxygen atoms in total. The molecule has 5 aromatic rings. The first-order chi connectivity index (χ1) is 15.6. The van der Waals surface area contributed by atoms with E-state index in [9.17, 15) is 4.39 Å². The molecule has 0 unspecified atom stereocenters. The number of fused-ring (bicyclic) bond motifs is 1. The van der Waals surface area contributed by atoms with Crippen molar-refractivity contribution in [3.8, 4) is 17.2 Å². The summed E-state index contributed by atoms with van der Waals surface area (Å²) in [4.78, 5) is 8.73. The minimum absolute atomic E-state index is 0.263. The fraction of sp³-hybridized carbons (Fsp3) is 0.0833. The van der Waals surface area contributed by atoms with E-state index in [-0.39, 0.29) is 5.82 Å². The summed E-state index contributed by atoms with van der Waals surface area (Å²) in [6.07, 6.45) is 1.52. The monoisotopic (exact) mass is 427 g/mol. The van der Waals surface area contributed by atoms with Gasteiger partial charge in [-0.25, -0.2) is 14.4 Å². The fourth-order valence-corrected chi connectivity index (χ4v) is 3.22. The summed E-state index contributed by atoms with van der Waals surface area (Å²) >= 11 is 0. The Balaban J connectivity index is 1.34. The van der Waals surface area contributed by atoms with Gasteiger partial charge >= 0.3 is 0 Å². The molecule has 0 radical (unpaired) electrons. The molecule has 0 aliphatic heterocycles. The number of anilines is 2. The van der Waals surface area contributed by atoms with Crippen LogP contribution in [0.2, 0.25) is 0 Å². The van der Waals surface area contributed by atoms with Crippen LogP contribution in [0.5, 0.6) is 5.75 Å². The zero-order valence-electron chi connectivity index (χ0n) is 17.1. The van der Waals surface area contributed by atoms with Crippen molar-refractivity contribution in [2.24, 2.45) is 0 Å². The molecule has 0 saturated carbocycles. The molecular formula is C24H18FN5O2. The van der Waals surface area contributed by atoms with Crippen LogP contribution in [-0.2, 0) is 6.61 Å². The average molecular weight is 427 g/mol. The highest BCUT2D eigenvalue weighted by Crippen LogP contribution is 2.28. The number of aryl methyl sites for hydroxylation is 1. The van der Waals surface area contributed by atoms with E-state index in [2.05, 4.69) is 25.5 Å². The highest BCUT2D eigenvalue weighted by molar-refractivity contribution is 5.93. The molecule has 5 rings (SSSR count). The SMILES string of the molecule is Cc1nnc(-c2ccc3ncnc(Nc4ccc(OCc5ccc(F)cc5)cc4)c3c2)o1. The van der Waals surface area contributed by atoms with Crippen molar-refractivity contribution in [3.05, 3.63) is 90.3 Å². The third-order valence-electron chi connectivity index (χ3n) is 4.84. The second-order valence-electron chi connectivity index (χ2n) is 7.14. The Bertz CT molecular complexity index is 1370. The van der Waals surface area contributed by atoms with Crippen molar-refractivity contribution in [1.29, 1.82) is 0 Å². The molecular weight excluding hydrogens is 409 g/mol. The van der Waals surface area contributed by atoms with E-state index in [1.54, 1.807) is 19.1 Å². The molecule has 0 aliphatic rings. The number of hydrogen-bond acceptors (Lipinski definition) is 7. The van der Waals surface area contributed by atoms with Gasteiger partial charge in [0.25, 0.3) is 0 Å². The number of rotatable bonds is 6. The maximum atomic E-state index is 13.0. The van der Waals surface area contributed by atoms with E-state index in [1.165, 1.54) is 18.5 Å². The lowest BCUT2D eigenvalue weighted by Gasteiger charge is -2.10. The van der Waals surface area contributed by atoms with Gasteiger partial charge in [-0.3, -0.25) is 0 Å². The van der Waals surface area contributed by atoms with E-state index in [4.69, 9.17) is 9.15 Å². The van der Waals surface area contributed by atoms with Gasteiger partial charge in [0.1, 0.15) is 30.3 Å². The van der Waals surface area contributed by atoms with Crippen LogP contribution < -0.4 is 10.1 Å². The highest BCUT2D eigenvalue weighted by atomic mass is 19.1. The van der Waals surface area contributed by atoms with E-state index in [1.807, 2.05) is 42.5 Å². The standard InChI is InChI=1S/C24H18FN5O2/c1-15-29-30-24(32-15)17-4-11-22-21(12-17)23(27-14-26-22)28-19-7-9-20(10-8-19)31-13-16-2-5-18(25)6-3-16/h2-12,14H,13H2,1H3,(H,26,27,28). The van der Waals surface area contributed by atoms with Gasteiger partial charge in [-0.2, -0.15) is 0 Å². The summed E-state index contributed by atoms with van der Waals surface area (Å²) in [6, 6.07) is 19.5. The molecule has 0 amide bonds.